The summed E-state index contributed by atoms with van der Waals surface area (Å²) in [6, 6.07) is 7.22. The number of unbranched alkanes of at least 4 members (excludes halogenated alkanes) is 1. The Kier molecular flexibility index (Phi) is 5.18. The third kappa shape index (κ3) is 3.40. The molecule has 0 aliphatic carbocycles. The van der Waals surface area contributed by atoms with Crippen LogP contribution in [-0.4, -0.2) is 38.4 Å². The van der Waals surface area contributed by atoms with E-state index < -0.39 is 10.0 Å². The van der Waals surface area contributed by atoms with Crippen LogP contribution in [0.1, 0.15) is 31.7 Å². The molecule has 1 fully saturated rings. The van der Waals surface area contributed by atoms with Crippen LogP contribution in [0.2, 0.25) is 0 Å². The van der Waals surface area contributed by atoms with E-state index in [-0.39, 0.29) is 6.04 Å². The van der Waals surface area contributed by atoms with Crippen molar-refractivity contribution in [3.63, 3.8) is 0 Å². The number of benzene rings is 1. The van der Waals surface area contributed by atoms with Crippen LogP contribution in [0.5, 0.6) is 0 Å². The van der Waals surface area contributed by atoms with E-state index in [9.17, 15) is 8.42 Å². The van der Waals surface area contributed by atoms with E-state index in [4.69, 9.17) is 0 Å². The van der Waals surface area contributed by atoms with Gasteiger partial charge in [-0.25, -0.2) is 8.42 Å². The molecule has 20 heavy (non-hydrogen) atoms. The molecule has 1 heterocycles. The van der Waals surface area contributed by atoms with Crippen LogP contribution in [0, 0.1) is 6.92 Å². The van der Waals surface area contributed by atoms with Crippen molar-refractivity contribution in [2.45, 2.75) is 44.0 Å². The highest BCUT2D eigenvalue weighted by Gasteiger charge is 2.32. The van der Waals surface area contributed by atoms with Crippen LogP contribution in [0.15, 0.2) is 29.2 Å². The van der Waals surface area contributed by atoms with Gasteiger partial charge in [-0.1, -0.05) is 37.5 Å². The number of sulfonamides is 1. The first-order chi connectivity index (χ1) is 9.55. The van der Waals surface area contributed by atoms with Crippen molar-refractivity contribution in [2.24, 2.45) is 0 Å². The van der Waals surface area contributed by atoms with Crippen LogP contribution < -0.4 is 5.32 Å². The molecule has 112 valence electrons. The number of rotatable bonds is 5. The first kappa shape index (κ1) is 15.5. The van der Waals surface area contributed by atoms with E-state index in [1.54, 1.807) is 16.4 Å². The molecule has 1 N–H and O–H groups in total. The highest BCUT2D eigenvalue weighted by Crippen LogP contribution is 2.22. The zero-order valence-electron chi connectivity index (χ0n) is 12.3. The average molecular weight is 296 g/mol. The van der Waals surface area contributed by atoms with Gasteiger partial charge in [-0.2, -0.15) is 4.31 Å². The zero-order valence-corrected chi connectivity index (χ0v) is 13.1. The molecule has 0 amide bonds. The first-order valence-electron chi connectivity index (χ1n) is 7.35. The Bertz CT molecular complexity index is 525. The Morgan fingerprint density at radius 3 is 2.65 bits per heavy atom. The minimum Gasteiger partial charge on any atom is -0.314 e. The molecule has 1 unspecified atom stereocenters. The van der Waals surface area contributed by atoms with E-state index >= 15 is 0 Å². The van der Waals surface area contributed by atoms with Crippen molar-refractivity contribution >= 4 is 10.0 Å². The third-order valence-corrected chi connectivity index (χ3v) is 5.78. The fourth-order valence-electron chi connectivity index (χ4n) is 2.59. The lowest BCUT2D eigenvalue weighted by molar-refractivity contribution is 0.252. The summed E-state index contributed by atoms with van der Waals surface area (Å²) in [6.45, 7) is 6.14. The number of nitrogens with one attached hydrogen (secondary N) is 1. The van der Waals surface area contributed by atoms with E-state index in [1.165, 1.54) is 0 Å². The molecule has 0 radical (unpaired) electrons. The Labute approximate surface area is 122 Å². The first-order valence-corrected chi connectivity index (χ1v) is 8.79. The van der Waals surface area contributed by atoms with Gasteiger partial charge in [0.15, 0.2) is 0 Å². The van der Waals surface area contributed by atoms with Gasteiger partial charge in [-0.3, -0.25) is 0 Å². The average Bonchev–Trinajstić information content (AvgIpc) is 2.46. The fourth-order valence-corrected chi connectivity index (χ4v) is 4.25. The Balaban J connectivity index is 2.23. The van der Waals surface area contributed by atoms with Crippen molar-refractivity contribution in [1.82, 2.24) is 9.62 Å². The molecule has 0 aromatic heterocycles. The summed E-state index contributed by atoms with van der Waals surface area (Å²) in [7, 11) is -3.37. The Morgan fingerprint density at radius 1 is 1.30 bits per heavy atom. The normalized spacial score (nSPS) is 21.0. The molecule has 0 bridgehead atoms. The number of nitrogens with zero attached hydrogens (tertiary/aromatic N) is 1. The molecule has 0 saturated carbocycles. The van der Waals surface area contributed by atoms with Gasteiger partial charge >= 0.3 is 0 Å². The Hall–Kier alpha value is -0.910. The standard InChI is InChI=1S/C15H24N2O2S/c1-3-4-5-14-12-16-10-11-17(14)20(18,19)15-8-6-13(2)7-9-15/h6-9,14,16H,3-5,10-12H2,1-2H3. The maximum absolute atomic E-state index is 12.8. The Morgan fingerprint density at radius 2 is 2.00 bits per heavy atom. The minimum atomic E-state index is -3.37. The van der Waals surface area contributed by atoms with Gasteiger partial charge in [-0.05, 0) is 25.5 Å². The molecule has 1 atom stereocenters. The molecule has 1 aliphatic rings. The second kappa shape index (κ2) is 6.70. The lowest BCUT2D eigenvalue weighted by atomic mass is 10.1. The summed E-state index contributed by atoms with van der Waals surface area (Å²) in [6.07, 6.45) is 3.08. The maximum atomic E-state index is 12.8. The van der Waals surface area contributed by atoms with Crippen LogP contribution >= 0.6 is 0 Å². The van der Waals surface area contributed by atoms with Crippen LogP contribution in [0.4, 0.5) is 0 Å². The van der Waals surface area contributed by atoms with Crippen molar-refractivity contribution < 1.29 is 8.42 Å². The molecule has 0 spiro atoms. The van der Waals surface area contributed by atoms with Gasteiger partial charge in [0, 0.05) is 25.7 Å². The molecule has 1 aromatic rings. The van der Waals surface area contributed by atoms with Gasteiger partial charge in [0.1, 0.15) is 0 Å². The van der Waals surface area contributed by atoms with Crippen molar-refractivity contribution in [3.05, 3.63) is 29.8 Å². The summed E-state index contributed by atoms with van der Waals surface area (Å²) in [5.74, 6) is 0. The highest BCUT2D eigenvalue weighted by molar-refractivity contribution is 7.89. The summed E-state index contributed by atoms with van der Waals surface area (Å²) in [5.41, 5.74) is 1.08. The van der Waals surface area contributed by atoms with Crippen molar-refractivity contribution in [2.75, 3.05) is 19.6 Å². The summed E-state index contributed by atoms with van der Waals surface area (Å²) in [5, 5.41) is 3.30. The molecule has 1 aliphatic heterocycles. The number of hydrogen-bond acceptors (Lipinski definition) is 3. The van der Waals surface area contributed by atoms with E-state index in [0.29, 0.717) is 11.4 Å². The zero-order chi connectivity index (χ0) is 14.6. The maximum Gasteiger partial charge on any atom is 0.243 e. The second-order valence-corrected chi connectivity index (χ2v) is 7.32. The topological polar surface area (TPSA) is 49.4 Å². The minimum absolute atomic E-state index is 0.0787. The monoisotopic (exact) mass is 296 g/mol. The van der Waals surface area contributed by atoms with Gasteiger partial charge < -0.3 is 5.32 Å². The number of aryl methyl sites for hydroxylation is 1. The molecular formula is C15H24N2O2S. The van der Waals surface area contributed by atoms with Gasteiger partial charge in [-0.15, -0.1) is 0 Å². The summed E-state index contributed by atoms with van der Waals surface area (Å²) in [4.78, 5) is 0.409. The van der Waals surface area contributed by atoms with Gasteiger partial charge in [0.25, 0.3) is 0 Å². The van der Waals surface area contributed by atoms with Crippen molar-refractivity contribution in [1.29, 1.82) is 0 Å². The molecular weight excluding hydrogens is 272 g/mol. The summed E-state index contributed by atoms with van der Waals surface area (Å²) >= 11 is 0. The number of hydrogen-bond donors (Lipinski definition) is 1. The van der Waals surface area contributed by atoms with Crippen molar-refractivity contribution in [3.8, 4) is 0 Å². The van der Waals surface area contributed by atoms with Crippen LogP contribution in [-0.2, 0) is 10.0 Å². The van der Waals surface area contributed by atoms with Gasteiger partial charge in [0.2, 0.25) is 10.0 Å². The molecule has 2 rings (SSSR count). The van der Waals surface area contributed by atoms with E-state index in [1.807, 2.05) is 19.1 Å². The lowest BCUT2D eigenvalue weighted by Gasteiger charge is -2.35. The fraction of sp³-hybridized carbons (Fsp3) is 0.600. The largest absolute Gasteiger partial charge is 0.314 e. The highest BCUT2D eigenvalue weighted by atomic mass is 32.2. The summed E-state index contributed by atoms with van der Waals surface area (Å²) < 4.78 is 27.2. The predicted molar refractivity (Wildman–Crippen MR) is 81.3 cm³/mol. The molecule has 1 aromatic carbocycles. The van der Waals surface area contributed by atoms with E-state index in [2.05, 4.69) is 12.2 Å². The molecule has 1 saturated heterocycles. The second-order valence-electron chi connectivity index (χ2n) is 5.43. The predicted octanol–water partition coefficient (Wildman–Crippen LogP) is 2.15. The SMILES string of the molecule is CCCCC1CNCCN1S(=O)(=O)c1ccc(C)cc1. The van der Waals surface area contributed by atoms with Crippen LogP contribution in [0.25, 0.3) is 0 Å². The number of piperazine rings is 1. The smallest absolute Gasteiger partial charge is 0.243 e. The third-order valence-electron chi connectivity index (χ3n) is 3.81. The van der Waals surface area contributed by atoms with Crippen LogP contribution in [0.3, 0.4) is 0 Å². The molecule has 4 nitrogen and oxygen atoms in total. The lowest BCUT2D eigenvalue weighted by Crippen LogP contribution is -2.53. The molecule has 5 heteroatoms. The quantitative estimate of drug-likeness (QED) is 0.906. The van der Waals surface area contributed by atoms with Gasteiger partial charge in [0.05, 0.1) is 4.90 Å². The van der Waals surface area contributed by atoms with E-state index in [0.717, 1.165) is 37.9 Å².